The van der Waals surface area contributed by atoms with Crippen molar-refractivity contribution < 1.29 is 80.2 Å². The Bertz CT molecular complexity index is 1950. The second-order valence-electron chi connectivity index (χ2n) is 31.1. The molecule has 0 saturated carbocycles. The van der Waals surface area contributed by atoms with Gasteiger partial charge < -0.3 is 33.8 Å². The first kappa shape index (κ1) is 98.1. The zero-order valence-electron chi connectivity index (χ0n) is 65.8. The molecule has 3 unspecified atom stereocenters. The largest absolute Gasteiger partial charge is 0.472 e. The van der Waals surface area contributed by atoms with Gasteiger partial charge in [-0.05, 0) is 49.4 Å². The summed E-state index contributed by atoms with van der Waals surface area (Å²) in [6, 6.07) is 0. The SMILES string of the molecule is CC(C)CCCCCCCCCCCCCCCCCCC(=O)O[C@H](COC(=O)CCCCCCCCC(C)C)COP(=O)(O)OCC(O)COP(=O)(O)OC[C@@H](COC(=O)CCCCCCCCCCCCCC(C)C)OC(=O)CCCCCCCCCCCCCCCCCC(C)C. The third-order valence-corrected chi connectivity index (χ3v) is 20.7. The van der Waals surface area contributed by atoms with Crippen molar-refractivity contribution in [1.82, 2.24) is 0 Å². The van der Waals surface area contributed by atoms with Gasteiger partial charge in [-0.2, -0.15) is 0 Å². The minimum Gasteiger partial charge on any atom is -0.462 e. The normalized spacial score (nSPS) is 14.0. The second kappa shape index (κ2) is 70.1. The summed E-state index contributed by atoms with van der Waals surface area (Å²) >= 11 is 0. The van der Waals surface area contributed by atoms with Crippen molar-refractivity contribution in [2.24, 2.45) is 23.7 Å². The van der Waals surface area contributed by atoms with Crippen LogP contribution < -0.4 is 0 Å². The number of unbranched alkanes of at least 4 members (excludes halogenated alkanes) is 44. The van der Waals surface area contributed by atoms with Crippen molar-refractivity contribution in [3.8, 4) is 0 Å². The number of esters is 4. The van der Waals surface area contributed by atoms with Gasteiger partial charge in [0.1, 0.15) is 19.3 Å². The number of aliphatic hydroxyl groups excluding tert-OH is 1. The summed E-state index contributed by atoms with van der Waals surface area (Å²) in [5.74, 6) is 0.947. The van der Waals surface area contributed by atoms with Crippen LogP contribution in [0.5, 0.6) is 0 Å². The maximum absolute atomic E-state index is 13.1. The van der Waals surface area contributed by atoms with Gasteiger partial charge in [0, 0.05) is 25.7 Å². The predicted octanol–water partition coefficient (Wildman–Crippen LogP) is 24.0. The zero-order valence-corrected chi connectivity index (χ0v) is 67.6. The van der Waals surface area contributed by atoms with E-state index in [1.165, 1.54) is 212 Å². The van der Waals surface area contributed by atoms with Crippen molar-refractivity contribution in [2.45, 2.75) is 433 Å². The van der Waals surface area contributed by atoms with Crippen LogP contribution in [0.4, 0.5) is 0 Å². The standard InChI is InChI=1S/C81H158O17P2/c1-71(2)57-49-41-33-27-21-16-12-9-10-14-18-24-31-37-47-55-64-81(86)98-77(68-92-79(84)62-54-46-40-39-44-52-60-74(7)8)70-96-100(89,90)94-66-75(82)65-93-99(87,88)95-69-76(67-91-78(83)61-53-45-36-30-26-20-23-29-35-43-51-59-73(5)6)97-80(85)63-56-48-38-32-25-19-15-11-13-17-22-28-34-42-50-58-72(3)4/h71-77,82H,9-70H2,1-8H3,(H,87,88)(H,89,90)/t75?,76-,77-/m1/s1. The van der Waals surface area contributed by atoms with Crippen LogP contribution in [-0.4, -0.2) is 96.7 Å². The number of phosphoric ester groups is 2. The zero-order chi connectivity index (χ0) is 73.8. The third-order valence-electron chi connectivity index (χ3n) is 18.8. The van der Waals surface area contributed by atoms with E-state index in [9.17, 15) is 43.2 Å². The monoisotopic (exact) mass is 1470 g/mol. The molecule has 0 aliphatic rings. The molecular weight excluding hydrogens is 1310 g/mol. The molecule has 0 heterocycles. The van der Waals surface area contributed by atoms with Crippen LogP contribution >= 0.6 is 15.6 Å². The number of ether oxygens (including phenoxy) is 4. The first-order valence-corrected chi connectivity index (χ1v) is 44.7. The number of hydrogen-bond donors (Lipinski definition) is 3. The van der Waals surface area contributed by atoms with Crippen LogP contribution in [0.3, 0.4) is 0 Å². The summed E-state index contributed by atoms with van der Waals surface area (Å²) in [5.41, 5.74) is 0. The average Bonchev–Trinajstić information content (AvgIpc) is 0.930. The molecule has 0 aliphatic carbocycles. The number of carbonyl (C=O) groups excluding carboxylic acids is 4. The van der Waals surface area contributed by atoms with Gasteiger partial charge in [-0.15, -0.1) is 0 Å². The number of aliphatic hydroxyl groups is 1. The minimum atomic E-state index is -4.96. The summed E-state index contributed by atoms with van der Waals surface area (Å²) in [6.07, 6.45) is 57.1. The van der Waals surface area contributed by atoms with Crippen LogP contribution in [0.25, 0.3) is 0 Å². The molecule has 0 rings (SSSR count). The fourth-order valence-corrected chi connectivity index (χ4v) is 14.0. The summed E-state index contributed by atoms with van der Waals surface area (Å²) < 4.78 is 68.7. The lowest BCUT2D eigenvalue weighted by molar-refractivity contribution is -0.161. The lowest BCUT2D eigenvalue weighted by atomic mass is 10.0. The van der Waals surface area contributed by atoms with Gasteiger partial charge in [0.2, 0.25) is 0 Å². The highest BCUT2D eigenvalue weighted by molar-refractivity contribution is 7.47. The molecule has 594 valence electrons. The van der Waals surface area contributed by atoms with Crippen molar-refractivity contribution in [1.29, 1.82) is 0 Å². The molecule has 0 aromatic heterocycles. The first-order valence-electron chi connectivity index (χ1n) is 41.7. The molecular formula is C81H158O17P2. The van der Waals surface area contributed by atoms with E-state index in [0.29, 0.717) is 31.6 Å². The number of hydrogen-bond acceptors (Lipinski definition) is 15. The molecule has 0 amide bonds. The van der Waals surface area contributed by atoms with E-state index >= 15 is 0 Å². The van der Waals surface area contributed by atoms with Crippen molar-refractivity contribution >= 4 is 39.5 Å². The lowest BCUT2D eigenvalue weighted by Gasteiger charge is -2.21. The van der Waals surface area contributed by atoms with Crippen LogP contribution in [0.2, 0.25) is 0 Å². The Labute approximate surface area is 613 Å². The van der Waals surface area contributed by atoms with Crippen LogP contribution in [0, 0.1) is 23.7 Å². The van der Waals surface area contributed by atoms with Gasteiger partial charge in [0.25, 0.3) is 0 Å². The van der Waals surface area contributed by atoms with Gasteiger partial charge in [-0.1, -0.05) is 364 Å². The van der Waals surface area contributed by atoms with E-state index in [-0.39, 0.29) is 25.7 Å². The fourth-order valence-electron chi connectivity index (χ4n) is 12.4. The Morgan fingerprint density at radius 2 is 0.420 bits per heavy atom. The predicted molar refractivity (Wildman–Crippen MR) is 409 cm³/mol. The highest BCUT2D eigenvalue weighted by Crippen LogP contribution is 2.45. The quantitative estimate of drug-likeness (QED) is 0.0222. The molecule has 17 nitrogen and oxygen atoms in total. The highest BCUT2D eigenvalue weighted by atomic mass is 31.2. The Hall–Kier alpha value is -1.94. The molecule has 0 radical (unpaired) electrons. The molecule has 3 N–H and O–H groups in total. The number of rotatable bonds is 78. The van der Waals surface area contributed by atoms with E-state index < -0.39 is 97.5 Å². The highest BCUT2D eigenvalue weighted by Gasteiger charge is 2.30. The molecule has 19 heteroatoms. The molecule has 0 spiro atoms. The summed E-state index contributed by atoms with van der Waals surface area (Å²) in [7, 11) is -9.92. The van der Waals surface area contributed by atoms with Crippen LogP contribution in [0.1, 0.15) is 415 Å². The average molecular weight is 1470 g/mol. The topological polar surface area (TPSA) is 237 Å². The first-order chi connectivity index (χ1) is 48.1. The molecule has 0 fully saturated rings. The van der Waals surface area contributed by atoms with Crippen LogP contribution in [0.15, 0.2) is 0 Å². The van der Waals surface area contributed by atoms with Gasteiger partial charge in [0.05, 0.1) is 26.4 Å². The molecule has 0 aliphatic heterocycles. The third kappa shape index (κ3) is 74.3. The smallest absolute Gasteiger partial charge is 0.462 e. The Kier molecular flexibility index (Phi) is 68.7. The van der Waals surface area contributed by atoms with Crippen molar-refractivity contribution in [3.63, 3.8) is 0 Å². The summed E-state index contributed by atoms with van der Waals surface area (Å²) in [4.78, 5) is 73.0. The maximum Gasteiger partial charge on any atom is 0.472 e. The Balaban J connectivity index is 5.21. The molecule has 0 aromatic carbocycles. The van der Waals surface area contributed by atoms with E-state index in [2.05, 4.69) is 55.4 Å². The van der Waals surface area contributed by atoms with Crippen molar-refractivity contribution in [2.75, 3.05) is 39.6 Å². The summed E-state index contributed by atoms with van der Waals surface area (Å²) in [6.45, 7) is 14.2. The molecule has 5 atom stereocenters. The van der Waals surface area contributed by atoms with Gasteiger partial charge in [0.15, 0.2) is 12.2 Å². The molecule has 100 heavy (non-hydrogen) atoms. The number of carbonyl (C=O) groups is 4. The van der Waals surface area contributed by atoms with Gasteiger partial charge in [-0.3, -0.25) is 37.3 Å². The van der Waals surface area contributed by atoms with E-state index in [1.807, 2.05) is 0 Å². The van der Waals surface area contributed by atoms with Crippen LogP contribution in [-0.2, 0) is 65.4 Å². The minimum absolute atomic E-state index is 0.107. The number of phosphoric acid groups is 2. The van der Waals surface area contributed by atoms with E-state index in [4.69, 9.17) is 37.0 Å². The lowest BCUT2D eigenvalue weighted by Crippen LogP contribution is -2.30. The fraction of sp³-hybridized carbons (Fsp3) is 0.951. The van der Waals surface area contributed by atoms with Crippen molar-refractivity contribution in [3.05, 3.63) is 0 Å². The van der Waals surface area contributed by atoms with Gasteiger partial charge in [-0.25, -0.2) is 9.13 Å². The molecule has 0 bridgehead atoms. The van der Waals surface area contributed by atoms with E-state index in [1.54, 1.807) is 0 Å². The Morgan fingerprint density at radius 1 is 0.250 bits per heavy atom. The maximum atomic E-state index is 13.1. The summed E-state index contributed by atoms with van der Waals surface area (Å²) in [5, 5.41) is 10.6. The second-order valence-corrected chi connectivity index (χ2v) is 34.0. The molecule has 0 saturated heterocycles. The van der Waals surface area contributed by atoms with E-state index in [0.717, 1.165) is 114 Å². The Morgan fingerprint density at radius 3 is 0.620 bits per heavy atom. The molecule has 0 aromatic rings. The van der Waals surface area contributed by atoms with Gasteiger partial charge >= 0.3 is 39.5 Å².